The molecule has 0 heteroatoms. The molecular formula is C21H42. The van der Waals surface area contributed by atoms with E-state index in [1.165, 1.54) is 96.3 Å². The van der Waals surface area contributed by atoms with Crippen molar-refractivity contribution < 1.29 is 0 Å². The van der Waals surface area contributed by atoms with E-state index in [-0.39, 0.29) is 0 Å². The predicted octanol–water partition coefficient (Wildman–Crippen LogP) is 8.21. The van der Waals surface area contributed by atoms with Gasteiger partial charge in [0.1, 0.15) is 0 Å². The third-order valence-electron chi connectivity index (χ3n) is 4.22. The zero-order chi connectivity index (χ0) is 15.8. The summed E-state index contributed by atoms with van der Waals surface area (Å²) in [5, 5.41) is 0. The van der Waals surface area contributed by atoms with Gasteiger partial charge in [-0.05, 0) is 32.1 Å². The maximum absolute atomic E-state index is 2.29. The van der Waals surface area contributed by atoms with Gasteiger partial charge in [-0.3, -0.25) is 0 Å². The van der Waals surface area contributed by atoms with Crippen molar-refractivity contribution >= 4 is 0 Å². The molecule has 0 N–H and O–H groups in total. The van der Waals surface area contributed by atoms with Crippen molar-refractivity contribution in [1.29, 1.82) is 0 Å². The topological polar surface area (TPSA) is 0 Å². The molecule has 1 aliphatic rings. The van der Waals surface area contributed by atoms with E-state index in [1.807, 2.05) is 11.1 Å². The fourth-order valence-corrected chi connectivity index (χ4v) is 2.80. The molecule has 0 aromatic heterocycles. The smallest absolute Gasteiger partial charge is 0.0103 e. The van der Waals surface area contributed by atoms with Gasteiger partial charge in [0, 0.05) is 0 Å². The van der Waals surface area contributed by atoms with E-state index < -0.39 is 0 Å². The van der Waals surface area contributed by atoms with Gasteiger partial charge in [-0.1, -0.05) is 103 Å². The molecule has 1 rings (SSSR count). The summed E-state index contributed by atoms with van der Waals surface area (Å²) in [7, 11) is 0. The number of unbranched alkanes of at least 4 members (excludes halogenated alkanes) is 9. The van der Waals surface area contributed by atoms with Gasteiger partial charge in [-0.15, -0.1) is 0 Å². The number of allylic oxidation sites excluding steroid dienone is 2. The SMILES string of the molecule is CCC.CCCCCCCCC1=C(CCCCCCC)C1. The normalized spacial score (nSPS) is 13.1. The van der Waals surface area contributed by atoms with Crippen molar-refractivity contribution in [2.75, 3.05) is 0 Å². The van der Waals surface area contributed by atoms with E-state index in [1.54, 1.807) is 0 Å². The molecule has 0 bridgehead atoms. The van der Waals surface area contributed by atoms with E-state index >= 15 is 0 Å². The van der Waals surface area contributed by atoms with E-state index in [0.29, 0.717) is 0 Å². The lowest BCUT2D eigenvalue weighted by atomic mass is 10.1. The number of rotatable bonds is 13. The Labute approximate surface area is 135 Å². The lowest BCUT2D eigenvalue weighted by Crippen LogP contribution is -1.78. The van der Waals surface area contributed by atoms with Crippen LogP contribution in [0.1, 0.15) is 124 Å². The van der Waals surface area contributed by atoms with Crippen LogP contribution in [0.2, 0.25) is 0 Å². The zero-order valence-corrected chi connectivity index (χ0v) is 15.6. The van der Waals surface area contributed by atoms with Crippen LogP contribution in [0.4, 0.5) is 0 Å². The van der Waals surface area contributed by atoms with Gasteiger partial charge in [-0.2, -0.15) is 0 Å². The highest BCUT2D eigenvalue weighted by Crippen LogP contribution is 2.38. The van der Waals surface area contributed by atoms with Crippen LogP contribution in [0.5, 0.6) is 0 Å². The monoisotopic (exact) mass is 294 g/mol. The Morgan fingerprint density at radius 1 is 0.524 bits per heavy atom. The Morgan fingerprint density at radius 3 is 1.24 bits per heavy atom. The Hall–Kier alpha value is -0.260. The van der Waals surface area contributed by atoms with Crippen LogP contribution in [-0.2, 0) is 0 Å². The van der Waals surface area contributed by atoms with Crippen LogP contribution in [0, 0.1) is 0 Å². The fraction of sp³-hybridized carbons (Fsp3) is 0.905. The lowest BCUT2D eigenvalue weighted by molar-refractivity contribution is 0.608. The fourth-order valence-electron chi connectivity index (χ4n) is 2.80. The van der Waals surface area contributed by atoms with Gasteiger partial charge >= 0.3 is 0 Å². The highest BCUT2D eigenvalue weighted by molar-refractivity contribution is 5.34. The summed E-state index contributed by atoms with van der Waals surface area (Å²) in [6.45, 7) is 8.84. The number of hydrogen-bond donors (Lipinski definition) is 0. The predicted molar refractivity (Wildman–Crippen MR) is 99.0 cm³/mol. The van der Waals surface area contributed by atoms with Crippen LogP contribution in [0.3, 0.4) is 0 Å². The molecule has 126 valence electrons. The average molecular weight is 295 g/mol. The van der Waals surface area contributed by atoms with Crippen molar-refractivity contribution in [3.8, 4) is 0 Å². The first-order chi connectivity index (χ1) is 10.3. The third kappa shape index (κ3) is 14.4. The molecule has 0 nitrogen and oxygen atoms in total. The Kier molecular flexibility index (Phi) is 15.9. The van der Waals surface area contributed by atoms with Crippen molar-refractivity contribution in [3.05, 3.63) is 11.1 Å². The van der Waals surface area contributed by atoms with E-state index in [9.17, 15) is 0 Å². The molecule has 0 fully saturated rings. The molecular weight excluding hydrogens is 252 g/mol. The Balaban J connectivity index is 0.00000122. The van der Waals surface area contributed by atoms with E-state index in [4.69, 9.17) is 0 Å². The van der Waals surface area contributed by atoms with E-state index in [2.05, 4.69) is 27.7 Å². The van der Waals surface area contributed by atoms with Gasteiger partial charge in [-0.25, -0.2) is 0 Å². The molecule has 0 saturated carbocycles. The second-order valence-electron chi connectivity index (χ2n) is 6.77. The molecule has 0 aliphatic heterocycles. The molecule has 21 heavy (non-hydrogen) atoms. The minimum absolute atomic E-state index is 1.25. The molecule has 0 radical (unpaired) electrons. The van der Waals surface area contributed by atoms with Crippen molar-refractivity contribution in [1.82, 2.24) is 0 Å². The van der Waals surface area contributed by atoms with E-state index in [0.717, 1.165) is 0 Å². The summed E-state index contributed by atoms with van der Waals surface area (Å²) >= 11 is 0. The second-order valence-corrected chi connectivity index (χ2v) is 6.77. The molecule has 0 heterocycles. The van der Waals surface area contributed by atoms with Crippen LogP contribution in [0.25, 0.3) is 0 Å². The molecule has 0 unspecified atom stereocenters. The van der Waals surface area contributed by atoms with Crippen LogP contribution < -0.4 is 0 Å². The summed E-state index contributed by atoms with van der Waals surface area (Å²) < 4.78 is 0. The number of hydrogen-bond acceptors (Lipinski definition) is 0. The summed E-state index contributed by atoms with van der Waals surface area (Å²) in [4.78, 5) is 0. The average Bonchev–Trinajstić information content (AvgIpc) is 3.22. The lowest BCUT2D eigenvalue weighted by Gasteiger charge is -1.98. The first-order valence-corrected chi connectivity index (χ1v) is 9.99. The standard InChI is InChI=1S/C18H34.C3H8/c1-3-5-7-9-11-13-15-18-16-17(18)14-12-10-8-6-4-2;1-3-2/h3-16H2,1-2H3;3H2,1-2H3. The summed E-state index contributed by atoms with van der Waals surface area (Å²) in [6.07, 6.45) is 21.3. The maximum Gasteiger partial charge on any atom is -0.0103 e. The Morgan fingerprint density at radius 2 is 0.857 bits per heavy atom. The summed E-state index contributed by atoms with van der Waals surface area (Å²) in [5.41, 5.74) is 3.67. The molecule has 0 spiro atoms. The molecule has 1 aliphatic carbocycles. The van der Waals surface area contributed by atoms with Crippen LogP contribution in [0.15, 0.2) is 11.1 Å². The minimum Gasteiger partial charge on any atom is -0.0666 e. The minimum atomic E-state index is 1.25. The third-order valence-corrected chi connectivity index (χ3v) is 4.22. The van der Waals surface area contributed by atoms with Gasteiger partial charge in [0.05, 0.1) is 0 Å². The highest BCUT2D eigenvalue weighted by Gasteiger charge is 2.19. The summed E-state index contributed by atoms with van der Waals surface area (Å²) in [6, 6.07) is 0. The molecule has 0 aromatic rings. The molecule has 0 aromatic carbocycles. The highest BCUT2D eigenvalue weighted by atomic mass is 14.2. The largest absolute Gasteiger partial charge is 0.0666 e. The zero-order valence-electron chi connectivity index (χ0n) is 15.6. The quantitative estimate of drug-likeness (QED) is 0.237. The van der Waals surface area contributed by atoms with Crippen molar-refractivity contribution in [2.24, 2.45) is 0 Å². The van der Waals surface area contributed by atoms with Crippen LogP contribution in [-0.4, -0.2) is 0 Å². The van der Waals surface area contributed by atoms with Crippen molar-refractivity contribution in [3.63, 3.8) is 0 Å². The first kappa shape index (κ1) is 20.7. The first-order valence-electron chi connectivity index (χ1n) is 9.99. The summed E-state index contributed by atoms with van der Waals surface area (Å²) in [5.74, 6) is 0. The maximum atomic E-state index is 2.29. The van der Waals surface area contributed by atoms with Gasteiger partial charge in [0.2, 0.25) is 0 Å². The van der Waals surface area contributed by atoms with Gasteiger partial charge in [0.25, 0.3) is 0 Å². The Bertz CT molecular complexity index is 236. The molecule has 0 saturated heterocycles. The second kappa shape index (κ2) is 16.1. The van der Waals surface area contributed by atoms with Gasteiger partial charge in [0.15, 0.2) is 0 Å². The van der Waals surface area contributed by atoms with Crippen molar-refractivity contribution in [2.45, 2.75) is 124 Å². The van der Waals surface area contributed by atoms with Gasteiger partial charge < -0.3 is 0 Å². The van der Waals surface area contributed by atoms with Crippen LogP contribution >= 0.6 is 0 Å². The molecule has 0 amide bonds. The molecule has 0 atom stereocenters.